The van der Waals surface area contributed by atoms with E-state index in [1.807, 2.05) is 0 Å². The van der Waals surface area contributed by atoms with Crippen molar-refractivity contribution in [1.82, 2.24) is 10.2 Å². The smallest absolute Gasteiger partial charge is 0.322 e. The van der Waals surface area contributed by atoms with Crippen LogP contribution in [0.4, 0.5) is 10.5 Å². The van der Waals surface area contributed by atoms with Gasteiger partial charge in [0.25, 0.3) is 0 Å². The molecule has 0 aromatic heterocycles. The molecule has 0 bridgehead atoms. The standard InChI is InChI=1S/C25H36ClN3O5/c26-18-7-4-8-19(11-18)28-25(32)29-14-20(30)15-33-16-23-22(29)10-9-21(34-23)12-24(31)27-13-17-5-2-1-3-6-17/h4,7-8,11,17,20-23,30H,1-3,5-6,9-10,12-16H2,(H,27,31)(H,28,32)/t20-,21-,22-,23+/m0/s1. The van der Waals surface area contributed by atoms with E-state index >= 15 is 0 Å². The highest BCUT2D eigenvalue weighted by Gasteiger charge is 2.40. The molecule has 1 aromatic rings. The maximum atomic E-state index is 13.1. The largest absolute Gasteiger partial charge is 0.389 e. The number of anilines is 1. The summed E-state index contributed by atoms with van der Waals surface area (Å²) in [4.78, 5) is 27.3. The molecule has 0 spiro atoms. The predicted molar refractivity (Wildman–Crippen MR) is 130 cm³/mol. The number of ether oxygens (including phenoxy) is 2. The van der Waals surface area contributed by atoms with Crippen LogP contribution in [0.25, 0.3) is 0 Å². The van der Waals surface area contributed by atoms with Gasteiger partial charge in [-0.15, -0.1) is 0 Å². The number of nitrogens with zero attached hydrogens (tertiary/aromatic N) is 1. The number of aliphatic hydroxyl groups excluding tert-OH is 1. The first kappa shape index (κ1) is 25.2. The van der Waals surface area contributed by atoms with Gasteiger partial charge in [0.15, 0.2) is 0 Å². The van der Waals surface area contributed by atoms with Gasteiger partial charge < -0.3 is 30.1 Å². The summed E-state index contributed by atoms with van der Waals surface area (Å²) in [5.74, 6) is 0.609. The number of hydrogen-bond acceptors (Lipinski definition) is 5. The van der Waals surface area contributed by atoms with Gasteiger partial charge >= 0.3 is 6.03 Å². The molecule has 3 amide bonds. The van der Waals surface area contributed by atoms with E-state index in [0.29, 0.717) is 35.9 Å². The molecule has 2 saturated heterocycles. The number of benzene rings is 1. The van der Waals surface area contributed by atoms with Gasteiger partial charge in [0.05, 0.1) is 44.4 Å². The lowest BCUT2D eigenvalue weighted by Crippen LogP contribution is -2.58. The van der Waals surface area contributed by atoms with Gasteiger partial charge in [-0.05, 0) is 49.8 Å². The third kappa shape index (κ3) is 7.07. The Morgan fingerprint density at radius 2 is 1.94 bits per heavy atom. The summed E-state index contributed by atoms with van der Waals surface area (Å²) in [6.07, 6.45) is 6.50. The first-order valence-electron chi connectivity index (χ1n) is 12.5. The molecule has 2 aliphatic heterocycles. The summed E-state index contributed by atoms with van der Waals surface area (Å²) in [5, 5.41) is 16.8. The van der Waals surface area contributed by atoms with E-state index in [4.69, 9.17) is 21.1 Å². The van der Waals surface area contributed by atoms with Crippen LogP contribution in [0.15, 0.2) is 24.3 Å². The van der Waals surface area contributed by atoms with E-state index in [0.717, 1.165) is 6.54 Å². The van der Waals surface area contributed by atoms with Crippen molar-refractivity contribution in [3.05, 3.63) is 29.3 Å². The van der Waals surface area contributed by atoms with E-state index < -0.39 is 6.10 Å². The summed E-state index contributed by atoms with van der Waals surface area (Å²) in [6, 6.07) is 6.39. The molecule has 4 atom stereocenters. The van der Waals surface area contributed by atoms with Crippen molar-refractivity contribution in [2.75, 3.05) is 31.6 Å². The Hall–Kier alpha value is -1.87. The molecule has 3 aliphatic rings. The van der Waals surface area contributed by atoms with Gasteiger partial charge in [0, 0.05) is 17.3 Å². The van der Waals surface area contributed by atoms with Crippen molar-refractivity contribution in [2.24, 2.45) is 5.92 Å². The van der Waals surface area contributed by atoms with Crippen molar-refractivity contribution in [1.29, 1.82) is 0 Å². The fourth-order valence-corrected chi connectivity index (χ4v) is 5.45. The molecule has 0 unspecified atom stereocenters. The van der Waals surface area contributed by atoms with Crippen LogP contribution < -0.4 is 10.6 Å². The van der Waals surface area contributed by atoms with Crippen molar-refractivity contribution >= 4 is 29.2 Å². The number of urea groups is 1. The second-order valence-corrected chi connectivity index (χ2v) is 10.2. The number of hydrogen-bond donors (Lipinski definition) is 3. The molecule has 9 heteroatoms. The molecule has 188 valence electrons. The minimum absolute atomic E-state index is 0.0202. The number of amides is 3. The number of aliphatic hydroxyl groups is 1. The van der Waals surface area contributed by atoms with Crippen LogP contribution >= 0.6 is 11.6 Å². The minimum Gasteiger partial charge on any atom is -0.389 e. The fraction of sp³-hybridized carbons (Fsp3) is 0.680. The molecular formula is C25H36ClN3O5. The third-order valence-corrected chi connectivity index (χ3v) is 7.28. The minimum atomic E-state index is -0.783. The number of carbonyl (C=O) groups excluding carboxylic acids is 2. The first-order chi connectivity index (χ1) is 16.5. The normalized spacial score (nSPS) is 28.4. The van der Waals surface area contributed by atoms with Crippen molar-refractivity contribution in [2.45, 2.75) is 75.7 Å². The average molecular weight is 494 g/mol. The number of rotatable bonds is 5. The van der Waals surface area contributed by atoms with Gasteiger partial charge in [-0.2, -0.15) is 0 Å². The van der Waals surface area contributed by atoms with Crippen molar-refractivity contribution in [3.63, 3.8) is 0 Å². The Balaban J connectivity index is 1.33. The molecule has 0 radical (unpaired) electrons. The molecule has 3 N–H and O–H groups in total. The van der Waals surface area contributed by atoms with Crippen LogP contribution in [0.2, 0.25) is 5.02 Å². The molecular weight excluding hydrogens is 458 g/mol. The van der Waals surface area contributed by atoms with Gasteiger partial charge in [0.1, 0.15) is 6.10 Å². The predicted octanol–water partition coefficient (Wildman–Crippen LogP) is 3.57. The maximum Gasteiger partial charge on any atom is 0.322 e. The lowest BCUT2D eigenvalue weighted by Gasteiger charge is -2.44. The Morgan fingerprint density at radius 1 is 1.12 bits per heavy atom. The topological polar surface area (TPSA) is 100 Å². The zero-order valence-corrected chi connectivity index (χ0v) is 20.3. The van der Waals surface area contributed by atoms with E-state index in [9.17, 15) is 14.7 Å². The molecule has 1 saturated carbocycles. The molecule has 34 heavy (non-hydrogen) atoms. The summed E-state index contributed by atoms with van der Waals surface area (Å²) in [7, 11) is 0. The van der Waals surface area contributed by atoms with Crippen LogP contribution in [0.1, 0.15) is 51.4 Å². The summed E-state index contributed by atoms with van der Waals surface area (Å²) in [6.45, 7) is 1.28. The number of nitrogens with one attached hydrogen (secondary N) is 2. The van der Waals surface area contributed by atoms with Crippen LogP contribution in [0.3, 0.4) is 0 Å². The Bertz CT molecular complexity index is 835. The highest BCUT2D eigenvalue weighted by Crippen LogP contribution is 2.29. The highest BCUT2D eigenvalue weighted by atomic mass is 35.5. The van der Waals surface area contributed by atoms with Crippen molar-refractivity contribution in [3.8, 4) is 0 Å². The molecule has 1 aromatic carbocycles. The lowest BCUT2D eigenvalue weighted by atomic mass is 9.89. The first-order valence-corrected chi connectivity index (χ1v) is 12.9. The highest BCUT2D eigenvalue weighted by molar-refractivity contribution is 6.30. The Kier molecular flexibility index (Phi) is 9.05. The SMILES string of the molecule is O=C(C[C@@H]1CC[C@H]2[C@@H](COC[C@@H](O)CN2C(=O)Nc2cccc(Cl)c2)O1)NCC1CCCCC1. The van der Waals surface area contributed by atoms with E-state index in [-0.39, 0.29) is 49.9 Å². The quantitative estimate of drug-likeness (QED) is 0.582. The fourth-order valence-electron chi connectivity index (χ4n) is 5.26. The van der Waals surface area contributed by atoms with Crippen LogP contribution in [-0.4, -0.2) is 72.6 Å². The van der Waals surface area contributed by atoms with Gasteiger partial charge in [-0.25, -0.2) is 4.79 Å². The van der Waals surface area contributed by atoms with Crippen LogP contribution in [-0.2, 0) is 14.3 Å². The monoisotopic (exact) mass is 493 g/mol. The zero-order chi connectivity index (χ0) is 23.9. The molecule has 3 fully saturated rings. The Morgan fingerprint density at radius 3 is 2.74 bits per heavy atom. The van der Waals surface area contributed by atoms with Crippen molar-refractivity contribution < 1.29 is 24.2 Å². The molecule has 1 aliphatic carbocycles. The number of halogens is 1. The van der Waals surface area contributed by atoms with E-state index in [2.05, 4.69) is 10.6 Å². The number of β-amino-alcohol motifs (C(OH)–C–C–N with tert-alkyl or cyclic N) is 1. The molecule has 2 heterocycles. The molecule has 8 nitrogen and oxygen atoms in total. The summed E-state index contributed by atoms with van der Waals surface area (Å²) < 4.78 is 11.9. The van der Waals surface area contributed by atoms with Crippen LogP contribution in [0, 0.1) is 5.92 Å². The number of fused-ring (bicyclic) bond motifs is 1. The van der Waals surface area contributed by atoms with Crippen LogP contribution in [0.5, 0.6) is 0 Å². The lowest BCUT2D eigenvalue weighted by molar-refractivity contribution is -0.149. The van der Waals surface area contributed by atoms with Gasteiger partial charge in [-0.3, -0.25) is 4.79 Å². The third-order valence-electron chi connectivity index (χ3n) is 7.04. The van der Waals surface area contributed by atoms with Gasteiger partial charge in [-0.1, -0.05) is 36.9 Å². The zero-order valence-electron chi connectivity index (χ0n) is 19.6. The van der Waals surface area contributed by atoms with E-state index in [1.54, 1.807) is 29.2 Å². The average Bonchev–Trinajstić information content (AvgIpc) is 2.81. The van der Waals surface area contributed by atoms with E-state index in [1.165, 1.54) is 32.1 Å². The summed E-state index contributed by atoms with van der Waals surface area (Å²) >= 11 is 6.05. The second kappa shape index (κ2) is 12.2. The molecule has 4 rings (SSSR count). The maximum absolute atomic E-state index is 13.1. The second-order valence-electron chi connectivity index (χ2n) is 9.74. The van der Waals surface area contributed by atoms with Gasteiger partial charge in [0.2, 0.25) is 5.91 Å². The Labute approximate surface area is 206 Å². The number of carbonyl (C=O) groups is 2. The summed E-state index contributed by atoms with van der Waals surface area (Å²) in [5.41, 5.74) is 0.589.